The highest BCUT2D eigenvalue weighted by Crippen LogP contribution is 2.19. The number of hydrogen-bond acceptors (Lipinski definition) is 6. The zero-order valence-corrected chi connectivity index (χ0v) is 55.0. The fraction of sp³-hybridized carbons (Fsp3) is 0.829. The maximum Gasteiger partial charge on any atom is 0.306 e. The second-order valence-corrected chi connectivity index (χ2v) is 24.5. The van der Waals surface area contributed by atoms with E-state index in [1.54, 1.807) is 0 Å². The predicted octanol–water partition coefficient (Wildman–Crippen LogP) is 25.1. The van der Waals surface area contributed by atoms with Gasteiger partial charge in [0.1, 0.15) is 13.2 Å². The molecule has 0 aliphatic carbocycles. The molecule has 1 atom stereocenters. The minimum atomic E-state index is -0.787. The maximum absolute atomic E-state index is 13.0. The van der Waals surface area contributed by atoms with Gasteiger partial charge in [-0.1, -0.05) is 364 Å². The lowest BCUT2D eigenvalue weighted by molar-refractivity contribution is -0.167. The Morgan fingerprint density at radius 1 is 0.256 bits per heavy atom. The Hall–Kier alpha value is -2.89. The smallest absolute Gasteiger partial charge is 0.306 e. The van der Waals surface area contributed by atoms with Crippen molar-refractivity contribution in [3.63, 3.8) is 0 Å². The molecule has 0 aromatic carbocycles. The predicted molar refractivity (Wildman–Crippen MR) is 358 cm³/mol. The second-order valence-electron chi connectivity index (χ2n) is 24.5. The number of carbonyl (C=O) groups excluding carboxylic acids is 3. The zero-order valence-electron chi connectivity index (χ0n) is 55.0. The van der Waals surface area contributed by atoms with Crippen LogP contribution in [0, 0.1) is 0 Å². The molecule has 6 heteroatoms. The third kappa shape index (κ3) is 67.9. The van der Waals surface area contributed by atoms with E-state index >= 15 is 0 Å². The lowest BCUT2D eigenvalue weighted by atomic mass is 10.0. The van der Waals surface area contributed by atoms with Crippen LogP contribution < -0.4 is 0 Å². The van der Waals surface area contributed by atoms with Crippen LogP contribution in [0.2, 0.25) is 0 Å². The van der Waals surface area contributed by atoms with Gasteiger partial charge in [-0.05, 0) is 64.2 Å². The molecule has 0 saturated carbocycles. The van der Waals surface area contributed by atoms with Gasteiger partial charge in [-0.15, -0.1) is 0 Å². The molecule has 0 aliphatic heterocycles. The summed E-state index contributed by atoms with van der Waals surface area (Å²) in [6, 6.07) is 0. The Morgan fingerprint density at radius 2 is 0.476 bits per heavy atom. The number of carbonyl (C=O) groups is 3. The van der Waals surface area contributed by atoms with Gasteiger partial charge in [0.2, 0.25) is 0 Å². The number of allylic oxidation sites excluding steroid dienone is 10. The summed E-state index contributed by atoms with van der Waals surface area (Å²) in [6.45, 7) is 6.58. The highest BCUT2D eigenvalue weighted by molar-refractivity contribution is 5.71. The Balaban J connectivity index is 4.35. The van der Waals surface area contributed by atoms with E-state index in [4.69, 9.17) is 14.2 Å². The van der Waals surface area contributed by atoms with Crippen LogP contribution in [0.1, 0.15) is 387 Å². The molecule has 0 aromatic rings. The molecule has 0 bridgehead atoms. The summed E-state index contributed by atoms with van der Waals surface area (Å²) in [7, 11) is 0. The van der Waals surface area contributed by atoms with E-state index < -0.39 is 6.10 Å². The Labute approximate surface area is 510 Å². The van der Waals surface area contributed by atoms with Gasteiger partial charge in [0, 0.05) is 19.3 Å². The molecule has 0 aliphatic rings. The van der Waals surface area contributed by atoms with Crippen LogP contribution in [0.25, 0.3) is 0 Å². The first-order chi connectivity index (χ1) is 40.5. The van der Waals surface area contributed by atoms with E-state index in [1.165, 1.54) is 250 Å². The summed E-state index contributed by atoms with van der Waals surface area (Å²) in [4.78, 5) is 38.5. The molecule has 478 valence electrons. The van der Waals surface area contributed by atoms with Gasteiger partial charge in [0.25, 0.3) is 0 Å². The molecule has 82 heavy (non-hydrogen) atoms. The van der Waals surface area contributed by atoms with E-state index in [1.807, 2.05) is 0 Å². The molecular formula is C76H138O6. The minimum absolute atomic E-state index is 0.0795. The molecular weight excluding hydrogens is 1010 g/mol. The monoisotopic (exact) mass is 1150 g/mol. The average molecular weight is 1150 g/mol. The van der Waals surface area contributed by atoms with Crippen LogP contribution in [-0.4, -0.2) is 37.2 Å². The molecule has 1 unspecified atom stereocenters. The normalized spacial score (nSPS) is 12.4. The van der Waals surface area contributed by atoms with Gasteiger partial charge in [-0.2, -0.15) is 0 Å². The number of esters is 3. The molecule has 0 amide bonds. The van der Waals surface area contributed by atoms with Gasteiger partial charge in [-0.3, -0.25) is 14.4 Å². The molecule has 0 radical (unpaired) electrons. The SMILES string of the molecule is CC/C=C\C/C=C\C/C=C\C/C=C\C/C=C\CCCCCC(=O)OCC(COC(=O)CCCCCCCCCCCCCCCCCCCCCCCCC)OC(=O)CCCCCCCCCCCCCCCCCCCCCCCC. The van der Waals surface area contributed by atoms with Gasteiger partial charge in [-0.25, -0.2) is 0 Å². The molecule has 0 aromatic heterocycles. The second kappa shape index (κ2) is 70.6. The van der Waals surface area contributed by atoms with Crippen LogP contribution >= 0.6 is 0 Å². The van der Waals surface area contributed by atoms with Crippen LogP contribution in [0.4, 0.5) is 0 Å². The summed E-state index contributed by atoms with van der Waals surface area (Å²) < 4.78 is 17.0. The van der Waals surface area contributed by atoms with Crippen molar-refractivity contribution in [3.8, 4) is 0 Å². The van der Waals surface area contributed by atoms with Crippen molar-refractivity contribution in [2.45, 2.75) is 393 Å². The van der Waals surface area contributed by atoms with E-state index in [0.717, 1.165) is 96.3 Å². The molecule has 6 nitrogen and oxygen atoms in total. The fourth-order valence-electron chi connectivity index (χ4n) is 10.9. The summed E-state index contributed by atoms with van der Waals surface area (Å²) in [5.41, 5.74) is 0. The Morgan fingerprint density at radius 3 is 0.744 bits per heavy atom. The zero-order chi connectivity index (χ0) is 59.2. The lowest BCUT2D eigenvalue weighted by Gasteiger charge is -2.18. The van der Waals surface area contributed by atoms with E-state index in [0.29, 0.717) is 19.3 Å². The summed E-state index contributed by atoms with van der Waals surface area (Å²) in [5, 5.41) is 0. The number of hydrogen-bond donors (Lipinski definition) is 0. The van der Waals surface area contributed by atoms with Crippen molar-refractivity contribution in [3.05, 3.63) is 60.8 Å². The topological polar surface area (TPSA) is 78.9 Å². The lowest BCUT2D eigenvalue weighted by Crippen LogP contribution is -2.30. The van der Waals surface area contributed by atoms with E-state index in [9.17, 15) is 14.4 Å². The summed E-state index contributed by atoms with van der Waals surface area (Å²) in [5.74, 6) is -0.884. The van der Waals surface area contributed by atoms with Crippen LogP contribution in [0.15, 0.2) is 60.8 Å². The maximum atomic E-state index is 13.0. The van der Waals surface area contributed by atoms with Gasteiger partial charge < -0.3 is 14.2 Å². The molecule has 0 N–H and O–H groups in total. The van der Waals surface area contributed by atoms with Crippen molar-refractivity contribution >= 4 is 17.9 Å². The summed E-state index contributed by atoms with van der Waals surface area (Å²) in [6.07, 6.45) is 91.1. The highest BCUT2D eigenvalue weighted by atomic mass is 16.6. The van der Waals surface area contributed by atoms with Crippen molar-refractivity contribution in [1.29, 1.82) is 0 Å². The largest absolute Gasteiger partial charge is 0.462 e. The first kappa shape index (κ1) is 79.1. The third-order valence-electron chi connectivity index (χ3n) is 16.3. The van der Waals surface area contributed by atoms with Gasteiger partial charge in [0.05, 0.1) is 0 Å². The van der Waals surface area contributed by atoms with Gasteiger partial charge in [0.15, 0.2) is 6.10 Å². The number of ether oxygens (including phenoxy) is 3. The van der Waals surface area contributed by atoms with Crippen LogP contribution in [0.3, 0.4) is 0 Å². The van der Waals surface area contributed by atoms with E-state index in [2.05, 4.69) is 81.5 Å². The Kier molecular flexibility index (Phi) is 68.1. The van der Waals surface area contributed by atoms with Crippen molar-refractivity contribution in [2.24, 2.45) is 0 Å². The molecule has 0 spiro atoms. The summed E-state index contributed by atoms with van der Waals surface area (Å²) >= 11 is 0. The van der Waals surface area contributed by atoms with Crippen molar-refractivity contribution < 1.29 is 28.6 Å². The molecule has 0 heterocycles. The highest BCUT2D eigenvalue weighted by Gasteiger charge is 2.19. The number of rotatable bonds is 67. The quantitative estimate of drug-likeness (QED) is 0.0261. The molecule has 0 rings (SSSR count). The first-order valence-corrected chi connectivity index (χ1v) is 36.3. The molecule has 0 fully saturated rings. The Bertz CT molecular complexity index is 1460. The van der Waals surface area contributed by atoms with Crippen LogP contribution in [0.5, 0.6) is 0 Å². The van der Waals surface area contributed by atoms with Crippen LogP contribution in [-0.2, 0) is 28.6 Å². The van der Waals surface area contributed by atoms with Gasteiger partial charge >= 0.3 is 17.9 Å². The fourth-order valence-corrected chi connectivity index (χ4v) is 10.9. The molecule has 0 saturated heterocycles. The number of unbranched alkanes of at least 4 members (excludes halogenated alkanes) is 46. The minimum Gasteiger partial charge on any atom is -0.462 e. The average Bonchev–Trinajstić information content (AvgIpc) is 3.47. The van der Waals surface area contributed by atoms with E-state index in [-0.39, 0.29) is 31.1 Å². The standard InChI is InChI=1S/C76H138O6/c1-4-7-10-13-16-19-22-25-28-31-34-36-38-40-42-45-48-51-54-57-60-63-66-69-75(78)81-72-73(71-80-74(77)68-65-62-59-56-53-50-47-44-41-33-30-27-24-21-18-15-12-9-6-3)82-76(79)70-67-64-61-58-55-52-49-46-43-39-37-35-32-29-26-23-20-17-14-11-8-5-2/h9,12,18,21,27,30,41,44,50,53,73H,4-8,10-11,13-17,19-20,22-26,28-29,31-40,42-43,45-49,51-52,54-72H2,1-3H3/b12-9-,21-18-,30-27-,44-41-,53-50-. The van der Waals surface area contributed by atoms with Crippen molar-refractivity contribution in [1.82, 2.24) is 0 Å². The van der Waals surface area contributed by atoms with Crippen molar-refractivity contribution in [2.75, 3.05) is 13.2 Å². The third-order valence-corrected chi connectivity index (χ3v) is 16.3. The first-order valence-electron chi connectivity index (χ1n) is 36.3.